The molecule has 1 aromatic carbocycles. The monoisotopic (exact) mass is 657 g/mol. The van der Waals surface area contributed by atoms with E-state index in [0.29, 0.717) is 34.8 Å². The molecule has 2 amide bonds. The number of aliphatic hydroxyl groups is 1. The number of hydrogen-bond donors (Lipinski definition) is 4. The molecule has 0 saturated heterocycles. The predicted octanol–water partition coefficient (Wildman–Crippen LogP) is 2.05. The summed E-state index contributed by atoms with van der Waals surface area (Å²) in [7, 11) is 0. The first-order valence-corrected chi connectivity index (χ1v) is 16.7. The Balaban J connectivity index is 1.18. The molecular weight excluding hydrogens is 618 g/mol. The Morgan fingerprint density at radius 3 is 2.50 bits per heavy atom. The number of nitrogens with one attached hydrogen (secondary N) is 2. The summed E-state index contributed by atoms with van der Waals surface area (Å²) in [5.41, 5.74) is 7.63. The van der Waals surface area contributed by atoms with E-state index >= 15 is 0 Å². The third kappa shape index (κ3) is 4.32. The molecule has 6 aliphatic rings. The molecule has 2 aromatic heterocycles. The van der Waals surface area contributed by atoms with Crippen LogP contribution in [0.2, 0.25) is 0 Å². The molecule has 3 aliphatic heterocycles. The number of ether oxygens (including phenoxy) is 3. The molecule has 3 aliphatic carbocycles. The Labute approximate surface area is 276 Å². The fourth-order valence-electron chi connectivity index (χ4n) is 8.45. The molecule has 48 heavy (non-hydrogen) atoms. The standard InChI is InChI=1S/C35H39N5O8/c1-5-35(45)22-7-24-29-20(12-40(24)32(43)21(22)13-46-33(35)44)27(18-6-25-26(48-14-47-25)8-23(18)38-29)19-11-34(9-17(19)10-34)39-30(41)16(4)37-31(42)28(36)15(2)3/h6-8,15-17,19,28,45H,5,9-14,36H2,1-4H3,(H,37,42)(H,39,41)/t16-,17?,19-,28-,34?,35-/m0/s1. The largest absolute Gasteiger partial charge is 0.458 e. The van der Waals surface area contributed by atoms with Gasteiger partial charge in [-0.05, 0) is 68.1 Å². The van der Waals surface area contributed by atoms with Crippen molar-refractivity contribution in [3.63, 3.8) is 0 Å². The molecule has 5 heterocycles. The quantitative estimate of drug-likeness (QED) is 0.215. The van der Waals surface area contributed by atoms with Gasteiger partial charge in [0.25, 0.3) is 5.56 Å². The van der Waals surface area contributed by atoms with Gasteiger partial charge in [-0.3, -0.25) is 14.4 Å². The van der Waals surface area contributed by atoms with Crippen molar-refractivity contribution in [2.75, 3.05) is 6.79 Å². The van der Waals surface area contributed by atoms with Gasteiger partial charge >= 0.3 is 5.97 Å². The summed E-state index contributed by atoms with van der Waals surface area (Å²) in [5, 5.41) is 18.3. The first kappa shape index (κ1) is 30.8. The fraction of sp³-hybridized carbons (Fsp3) is 0.514. The Kier molecular flexibility index (Phi) is 6.74. The van der Waals surface area contributed by atoms with Crippen molar-refractivity contribution in [1.82, 2.24) is 20.2 Å². The molecule has 9 rings (SSSR count). The highest BCUT2D eigenvalue weighted by atomic mass is 16.7. The normalized spacial score (nSPS) is 27.1. The van der Waals surface area contributed by atoms with E-state index in [-0.39, 0.29) is 72.6 Å². The number of carbonyl (C=O) groups is 3. The van der Waals surface area contributed by atoms with Gasteiger partial charge in [0.1, 0.15) is 12.6 Å². The summed E-state index contributed by atoms with van der Waals surface area (Å²) in [5.74, 6) is 0.0791. The maximum absolute atomic E-state index is 13.9. The maximum atomic E-state index is 13.9. The number of hydrogen-bond acceptors (Lipinski definition) is 10. The van der Waals surface area contributed by atoms with E-state index in [1.807, 2.05) is 26.0 Å². The van der Waals surface area contributed by atoms with Gasteiger partial charge in [0.05, 0.1) is 35.1 Å². The van der Waals surface area contributed by atoms with E-state index in [1.165, 1.54) is 0 Å². The lowest BCUT2D eigenvalue weighted by molar-refractivity contribution is -0.172. The van der Waals surface area contributed by atoms with Gasteiger partial charge in [0, 0.05) is 28.1 Å². The number of cyclic esters (lactones) is 1. The molecule has 252 valence electrons. The molecule has 0 unspecified atom stereocenters. The van der Waals surface area contributed by atoms with Gasteiger partial charge in [-0.1, -0.05) is 20.8 Å². The summed E-state index contributed by atoms with van der Waals surface area (Å²) >= 11 is 0. The van der Waals surface area contributed by atoms with Crippen LogP contribution >= 0.6 is 0 Å². The second-order valence-corrected chi connectivity index (χ2v) is 14.4. The zero-order chi connectivity index (χ0) is 33.9. The highest BCUT2D eigenvalue weighted by Gasteiger charge is 2.58. The number of pyridine rings is 2. The topological polar surface area (TPSA) is 184 Å². The molecule has 13 heteroatoms. The molecule has 13 nitrogen and oxygen atoms in total. The summed E-state index contributed by atoms with van der Waals surface area (Å²) in [4.78, 5) is 57.6. The van der Waals surface area contributed by atoms with Crippen molar-refractivity contribution in [1.29, 1.82) is 0 Å². The SMILES string of the molecule is CC[C@@]1(O)C(=O)OCc2c1cc1n(c2=O)Cc2c-1nc1cc3c(cc1c2[C@H]1CC2(NC(=O)[C@H](C)NC(=O)[C@@H](N)C(C)C)CC1C2)OCO3. The van der Waals surface area contributed by atoms with Crippen molar-refractivity contribution >= 4 is 28.7 Å². The summed E-state index contributed by atoms with van der Waals surface area (Å²) in [6, 6.07) is 4.08. The van der Waals surface area contributed by atoms with Crippen molar-refractivity contribution in [2.24, 2.45) is 17.6 Å². The number of amides is 2. The van der Waals surface area contributed by atoms with Crippen molar-refractivity contribution in [2.45, 2.75) is 95.7 Å². The molecule has 3 aromatic rings. The summed E-state index contributed by atoms with van der Waals surface area (Å²) in [6.07, 6.45) is 2.29. The van der Waals surface area contributed by atoms with Crippen LogP contribution in [0.4, 0.5) is 0 Å². The number of esters is 1. The Hall–Kier alpha value is -4.49. The lowest BCUT2D eigenvalue weighted by atomic mass is 9.74. The first-order chi connectivity index (χ1) is 22.8. The molecule has 5 N–H and O–H groups in total. The zero-order valence-electron chi connectivity index (χ0n) is 27.3. The van der Waals surface area contributed by atoms with E-state index in [4.69, 9.17) is 24.9 Å². The van der Waals surface area contributed by atoms with Crippen LogP contribution in [-0.2, 0) is 37.9 Å². The van der Waals surface area contributed by atoms with Crippen LogP contribution in [0.15, 0.2) is 23.0 Å². The van der Waals surface area contributed by atoms with E-state index in [2.05, 4.69) is 10.6 Å². The summed E-state index contributed by atoms with van der Waals surface area (Å²) in [6.45, 7) is 7.23. The maximum Gasteiger partial charge on any atom is 0.343 e. The molecule has 3 fully saturated rings. The molecule has 0 radical (unpaired) electrons. The van der Waals surface area contributed by atoms with Gasteiger partial charge in [0.2, 0.25) is 18.6 Å². The Bertz CT molecular complexity index is 2000. The Morgan fingerprint density at radius 1 is 1.06 bits per heavy atom. The van der Waals surface area contributed by atoms with E-state index in [0.717, 1.165) is 29.4 Å². The fourth-order valence-corrected chi connectivity index (χ4v) is 8.45. The lowest BCUT2D eigenvalue weighted by Crippen LogP contribution is -2.58. The zero-order valence-corrected chi connectivity index (χ0v) is 27.3. The van der Waals surface area contributed by atoms with Crippen molar-refractivity contribution in [3.05, 3.63) is 50.8 Å². The van der Waals surface area contributed by atoms with Crippen molar-refractivity contribution < 1.29 is 33.7 Å². The lowest BCUT2D eigenvalue weighted by Gasteiger charge is -2.40. The van der Waals surface area contributed by atoms with Gasteiger partial charge in [-0.15, -0.1) is 0 Å². The van der Waals surface area contributed by atoms with Crippen molar-refractivity contribution in [3.8, 4) is 22.9 Å². The highest BCUT2D eigenvalue weighted by molar-refractivity contribution is 5.93. The number of rotatable bonds is 7. The number of aromatic nitrogens is 2. The van der Waals surface area contributed by atoms with Crippen LogP contribution in [0.1, 0.15) is 81.5 Å². The van der Waals surface area contributed by atoms with Gasteiger partial charge < -0.3 is 40.3 Å². The second-order valence-electron chi connectivity index (χ2n) is 14.4. The van der Waals surface area contributed by atoms with E-state index in [1.54, 1.807) is 24.5 Å². The molecular formula is C35H39N5O8. The number of carbonyl (C=O) groups excluding carboxylic acids is 3. The minimum Gasteiger partial charge on any atom is -0.458 e. The van der Waals surface area contributed by atoms with Gasteiger partial charge in [-0.2, -0.15) is 0 Å². The number of fused-ring (bicyclic) bond motifs is 7. The molecule has 0 spiro atoms. The Morgan fingerprint density at radius 2 is 1.79 bits per heavy atom. The smallest absolute Gasteiger partial charge is 0.343 e. The van der Waals surface area contributed by atoms with Gasteiger partial charge in [0.15, 0.2) is 17.1 Å². The van der Waals surface area contributed by atoms with E-state index in [9.17, 15) is 24.3 Å². The minimum atomic E-state index is -1.93. The third-order valence-corrected chi connectivity index (χ3v) is 11.2. The van der Waals surface area contributed by atoms with Crippen LogP contribution in [0, 0.1) is 11.8 Å². The predicted molar refractivity (Wildman–Crippen MR) is 172 cm³/mol. The van der Waals surface area contributed by atoms with Crippen LogP contribution < -0.4 is 31.4 Å². The number of benzene rings is 1. The average molecular weight is 658 g/mol. The molecule has 3 saturated carbocycles. The molecule has 4 atom stereocenters. The van der Waals surface area contributed by atoms with Crippen LogP contribution in [-0.4, -0.2) is 56.9 Å². The second kappa shape index (κ2) is 10.5. The number of nitrogens with zero attached hydrogens (tertiary/aromatic N) is 2. The van der Waals surface area contributed by atoms with E-state index < -0.39 is 29.2 Å². The van der Waals surface area contributed by atoms with Crippen LogP contribution in [0.5, 0.6) is 11.5 Å². The third-order valence-electron chi connectivity index (χ3n) is 11.2. The van der Waals surface area contributed by atoms with Gasteiger partial charge in [-0.25, -0.2) is 9.78 Å². The van der Waals surface area contributed by atoms with Crippen LogP contribution in [0.3, 0.4) is 0 Å². The minimum absolute atomic E-state index is 0.0429. The van der Waals surface area contributed by atoms with Crippen LogP contribution in [0.25, 0.3) is 22.3 Å². The average Bonchev–Trinajstić information content (AvgIpc) is 3.82. The number of nitrogens with two attached hydrogens (primary N) is 1. The summed E-state index contributed by atoms with van der Waals surface area (Å²) < 4.78 is 18.3. The molecule has 2 bridgehead atoms. The highest BCUT2D eigenvalue weighted by Crippen LogP contribution is 2.62. The first-order valence-electron chi connectivity index (χ1n) is 16.7.